The first kappa shape index (κ1) is 17.2. The van der Waals surface area contributed by atoms with Gasteiger partial charge in [-0.3, -0.25) is 4.79 Å². The Morgan fingerprint density at radius 1 is 1.11 bits per heavy atom. The zero-order chi connectivity index (χ0) is 18.8. The van der Waals surface area contributed by atoms with Gasteiger partial charge in [-0.25, -0.2) is 0 Å². The van der Waals surface area contributed by atoms with Gasteiger partial charge >= 0.3 is 0 Å². The normalized spacial score (nSPS) is 12.7. The van der Waals surface area contributed by atoms with Gasteiger partial charge in [0, 0.05) is 36.2 Å². The topological polar surface area (TPSA) is 70.1 Å². The van der Waals surface area contributed by atoms with Crippen molar-refractivity contribution in [3.8, 4) is 22.9 Å². The highest BCUT2D eigenvalue weighted by molar-refractivity contribution is 5.95. The lowest BCUT2D eigenvalue weighted by molar-refractivity contribution is -0.683. The molecule has 0 N–H and O–H groups in total. The minimum atomic E-state index is -0.00271. The average Bonchev–Trinajstić information content (AvgIpc) is 3.32. The molecule has 0 aliphatic carbocycles. The molecule has 138 valence electrons. The van der Waals surface area contributed by atoms with Crippen molar-refractivity contribution in [1.29, 1.82) is 0 Å². The first-order chi connectivity index (χ1) is 13.2. The van der Waals surface area contributed by atoms with Crippen LogP contribution in [0.5, 0.6) is 11.5 Å². The Kier molecular flexibility index (Phi) is 4.58. The lowest BCUT2D eigenvalue weighted by Crippen LogP contribution is -2.37. The molecule has 1 aliphatic heterocycles. The molecule has 3 aromatic rings. The first-order valence-corrected chi connectivity index (χ1v) is 8.86. The highest BCUT2D eigenvalue weighted by Gasteiger charge is 2.20. The smallest absolute Gasteiger partial charge is 0.227 e. The largest absolute Gasteiger partial charge is 0.493 e. The molecular formula is C20H21N4O3+. The fourth-order valence-electron chi connectivity index (χ4n) is 3.34. The Labute approximate surface area is 157 Å². The van der Waals surface area contributed by atoms with Crippen LogP contribution in [0.25, 0.3) is 11.4 Å². The number of rotatable bonds is 6. The number of fused-ring (bicyclic) bond motifs is 1. The molecule has 0 atom stereocenters. The molecule has 0 bridgehead atoms. The van der Waals surface area contributed by atoms with E-state index in [4.69, 9.17) is 9.47 Å². The van der Waals surface area contributed by atoms with Crippen LogP contribution in [-0.2, 0) is 19.5 Å². The van der Waals surface area contributed by atoms with Crippen LogP contribution >= 0.6 is 0 Å². The quantitative estimate of drug-likeness (QED) is 0.494. The standard InChI is InChI=1S/C20H21N4O3/c1-26-17-6-5-15(12-18(17)27-2)16(25)13-23-10-7-14(8-11-23)20-22-21-19-4-3-9-24(19)20/h5-8,10-12H,3-4,9,13H2,1-2H3/q+1. The van der Waals surface area contributed by atoms with Gasteiger partial charge in [-0.05, 0) is 24.6 Å². The molecule has 0 fully saturated rings. The predicted molar refractivity (Wildman–Crippen MR) is 97.9 cm³/mol. The van der Waals surface area contributed by atoms with Crippen LogP contribution in [0.2, 0.25) is 0 Å². The molecule has 0 radical (unpaired) electrons. The molecule has 0 amide bonds. The van der Waals surface area contributed by atoms with Crippen molar-refractivity contribution in [3.63, 3.8) is 0 Å². The molecule has 1 aromatic carbocycles. The molecule has 7 nitrogen and oxygen atoms in total. The van der Waals surface area contributed by atoms with Crippen molar-refractivity contribution in [2.75, 3.05) is 14.2 Å². The summed E-state index contributed by atoms with van der Waals surface area (Å²) in [7, 11) is 3.13. The van der Waals surface area contributed by atoms with Crippen LogP contribution in [0.1, 0.15) is 22.6 Å². The Morgan fingerprint density at radius 2 is 1.89 bits per heavy atom. The maximum absolute atomic E-state index is 12.6. The van der Waals surface area contributed by atoms with Gasteiger partial charge in [-0.15, -0.1) is 10.2 Å². The lowest BCUT2D eigenvalue weighted by atomic mass is 10.1. The van der Waals surface area contributed by atoms with Crippen molar-refractivity contribution in [3.05, 3.63) is 54.1 Å². The van der Waals surface area contributed by atoms with Crippen molar-refractivity contribution in [2.45, 2.75) is 25.9 Å². The van der Waals surface area contributed by atoms with Gasteiger partial charge in [0.05, 0.1) is 14.2 Å². The summed E-state index contributed by atoms with van der Waals surface area (Å²) < 4.78 is 14.5. The Hall–Kier alpha value is -3.22. The van der Waals surface area contributed by atoms with Crippen LogP contribution in [0.4, 0.5) is 0 Å². The van der Waals surface area contributed by atoms with E-state index in [0.29, 0.717) is 17.1 Å². The van der Waals surface area contributed by atoms with Gasteiger partial charge in [0.15, 0.2) is 29.7 Å². The van der Waals surface area contributed by atoms with Crippen molar-refractivity contribution < 1.29 is 18.8 Å². The van der Waals surface area contributed by atoms with Gasteiger partial charge in [-0.1, -0.05) is 0 Å². The van der Waals surface area contributed by atoms with Crippen LogP contribution < -0.4 is 14.0 Å². The van der Waals surface area contributed by atoms with Gasteiger partial charge in [0.25, 0.3) is 0 Å². The van der Waals surface area contributed by atoms with E-state index in [1.807, 2.05) is 29.1 Å². The van der Waals surface area contributed by atoms with Gasteiger partial charge in [0.1, 0.15) is 5.82 Å². The lowest BCUT2D eigenvalue weighted by Gasteiger charge is -2.08. The molecule has 2 aromatic heterocycles. The second kappa shape index (κ2) is 7.19. The predicted octanol–water partition coefficient (Wildman–Crippen LogP) is 2.08. The van der Waals surface area contributed by atoms with Crippen molar-refractivity contribution in [1.82, 2.24) is 14.8 Å². The van der Waals surface area contributed by atoms with E-state index in [1.165, 1.54) is 0 Å². The third-order valence-corrected chi connectivity index (χ3v) is 4.79. The van der Waals surface area contributed by atoms with E-state index in [9.17, 15) is 4.79 Å². The molecule has 3 heterocycles. The number of benzene rings is 1. The second-order valence-corrected chi connectivity index (χ2v) is 6.45. The number of hydrogen-bond acceptors (Lipinski definition) is 5. The number of pyridine rings is 1. The highest BCUT2D eigenvalue weighted by Crippen LogP contribution is 2.27. The zero-order valence-electron chi connectivity index (χ0n) is 15.4. The summed E-state index contributed by atoms with van der Waals surface area (Å²) in [6, 6.07) is 9.13. The summed E-state index contributed by atoms with van der Waals surface area (Å²) in [5.74, 6) is 3.08. The van der Waals surface area contributed by atoms with Gasteiger partial charge in [-0.2, -0.15) is 4.57 Å². The van der Waals surface area contributed by atoms with Crippen molar-refractivity contribution in [2.24, 2.45) is 0 Å². The van der Waals surface area contributed by atoms with Crippen LogP contribution in [0, 0.1) is 0 Å². The second-order valence-electron chi connectivity index (χ2n) is 6.45. The van der Waals surface area contributed by atoms with Crippen LogP contribution in [-0.4, -0.2) is 34.8 Å². The maximum atomic E-state index is 12.6. The molecule has 0 saturated heterocycles. The molecule has 0 spiro atoms. The Bertz CT molecular complexity index is 979. The van der Waals surface area contributed by atoms with Gasteiger partial charge in [0.2, 0.25) is 12.3 Å². The number of Topliss-reactive ketones (excluding diaryl/α,β-unsaturated/α-hetero) is 1. The fourth-order valence-corrected chi connectivity index (χ4v) is 3.34. The maximum Gasteiger partial charge on any atom is 0.227 e. The minimum absolute atomic E-state index is 0.00271. The first-order valence-electron chi connectivity index (χ1n) is 8.86. The number of nitrogens with zero attached hydrogens (tertiary/aromatic N) is 4. The Morgan fingerprint density at radius 3 is 2.63 bits per heavy atom. The summed E-state index contributed by atoms with van der Waals surface area (Å²) in [5, 5.41) is 8.54. The fraction of sp³-hybridized carbons (Fsp3) is 0.300. The summed E-state index contributed by atoms with van der Waals surface area (Å²) in [6.07, 6.45) is 5.89. The number of methoxy groups -OCH3 is 2. The van der Waals surface area contributed by atoms with Crippen LogP contribution in [0.3, 0.4) is 0 Å². The molecule has 4 rings (SSSR count). The molecule has 27 heavy (non-hydrogen) atoms. The summed E-state index contributed by atoms with van der Waals surface area (Å²) >= 11 is 0. The van der Waals surface area contributed by atoms with E-state index < -0.39 is 0 Å². The number of aromatic nitrogens is 4. The summed E-state index contributed by atoms with van der Waals surface area (Å²) in [6.45, 7) is 1.21. The number of carbonyl (C=O) groups excluding carboxylic acids is 1. The van der Waals surface area contributed by atoms with E-state index >= 15 is 0 Å². The monoisotopic (exact) mass is 365 g/mol. The third kappa shape index (κ3) is 3.28. The molecule has 7 heteroatoms. The SMILES string of the molecule is COc1ccc(C(=O)C[n+]2ccc(-c3nnc4n3CCC4)cc2)cc1OC. The number of ketones is 1. The number of ether oxygens (including phenoxy) is 2. The molecule has 1 aliphatic rings. The Balaban J connectivity index is 1.50. The van der Waals surface area contributed by atoms with Crippen molar-refractivity contribution >= 4 is 5.78 Å². The number of carbonyl (C=O) groups is 1. The molecule has 0 saturated carbocycles. The zero-order valence-corrected chi connectivity index (χ0v) is 15.4. The minimum Gasteiger partial charge on any atom is -0.493 e. The van der Waals surface area contributed by atoms with E-state index in [-0.39, 0.29) is 12.3 Å². The third-order valence-electron chi connectivity index (χ3n) is 4.79. The van der Waals surface area contributed by atoms with Crippen LogP contribution in [0.15, 0.2) is 42.7 Å². The molecule has 0 unspecified atom stereocenters. The number of hydrogen-bond donors (Lipinski definition) is 0. The highest BCUT2D eigenvalue weighted by atomic mass is 16.5. The summed E-state index contributed by atoms with van der Waals surface area (Å²) in [5.41, 5.74) is 1.59. The number of aryl methyl sites for hydroxylation is 1. The van der Waals surface area contributed by atoms with E-state index in [0.717, 1.165) is 36.6 Å². The summed E-state index contributed by atoms with van der Waals surface area (Å²) in [4.78, 5) is 12.6. The average molecular weight is 365 g/mol. The van der Waals surface area contributed by atoms with E-state index in [1.54, 1.807) is 32.4 Å². The molecular weight excluding hydrogens is 344 g/mol. The van der Waals surface area contributed by atoms with E-state index in [2.05, 4.69) is 14.8 Å². The van der Waals surface area contributed by atoms with Gasteiger partial charge < -0.3 is 14.0 Å².